The molecule has 0 aliphatic rings. The predicted molar refractivity (Wildman–Crippen MR) is 76.6 cm³/mol. The SMILES string of the molecule is CC(O)(C(=O)Nc1ncc(Cc2cccc(F)c2)s1)C(F)(F)F. The number of thiazole rings is 1. The number of rotatable bonds is 4. The molecule has 9 heteroatoms. The number of benzene rings is 1. The van der Waals surface area contributed by atoms with Crippen LogP contribution in [0.2, 0.25) is 0 Å². The first-order valence-corrected chi connectivity index (χ1v) is 7.21. The molecule has 1 atom stereocenters. The first-order valence-electron chi connectivity index (χ1n) is 6.39. The van der Waals surface area contributed by atoms with Crippen LogP contribution in [0.15, 0.2) is 30.5 Å². The topological polar surface area (TPSA) is 62.2 Å². The Morgan fingerprint density at radius 2 is 2.09 bits per heavy atom. The number of halogens is 4. The van der Waals surface area contributed by atoms with E-state index in [1.807, 2.05) is 5.32 Å². The van der Waals surface area contributed by atoms with Crippen molar-refractivity contribution >= 4 is 22.4 Å². The lowest BCUT2D eigenvalue weighted by molar-refractivity contribution is -0.242. The Morgan fingerprint density at radius 1 is 1.39 bits per heavy atom. The number of carbonyl (C=O) groups is 1. The zero-order valence-electron chi connectivity index (χ0n) is 11.8. The van der Waals surface area contributed by atoms with Crippen LogP contribution in [0.25, 0.3) is 0 Å². The Bertz CT molecular complexity index is 713. The molecule has 0 bridgehead atoms. The fourth-order valence-electron chi connectivity index (χ4n) is 1.64. The third kappa shape index (κ3) is 4.05. The molecule has 1 aromatic heterocycles. The molecule has 2 rings (SSSR count). The molecule has 0 fully saturated rings. The molecule has 1 amide bonds. The van der Waals surface area contributed by atoms with Crippen molar-refractivity contribution in [1.29, 1.82) is 0 Å². The van der Waals surface area contributed by atoms with E-state index >= 15 is 0 Å². The number of anilines is 1. The summed E-state index contributed by atoms with van der Waals surface area (Å²) in [6.07, 6.45) is -3.41. The number of aliphatic hydroxyl groups is 1. The van der Waals surface area contributed by atoms with Gasteiger partial charge < -0.3 is 5.11 Å². The maximum absolute atomic E-state index is 13.1. The molecule has 0 aliphatic heterocycles. The van der Waals surface area contributed by atoms with Crippen molar-refractivity contribution in [2.45, 2.75) is 25.1 Å². The quantitative estimate of drug-likeness (QED) is 0.835. The summed E-state index contributed by atoms with van der Waals surface area (Å²) in [4.78, 5) is 15.9. The Morgan fingerprint density at radius 3 is 2.70 bits per heavy atom. The van der Waals surface area contributed by atoms with E-state index in [-0.39, 0.29) is 5.13 Å². The van der Waals surface area contributed by atoms with Gasteiger partial charge in [-0.3, -0.25) is 10.1 Å². The summed E-state index contributed by atoms with van der Waals surface area (Å²) < 4.78 is 50.7. The van der Waals surface area contributed by atoms with Crippen LogP contribution in [0.5, 0.6) is 0 Å². The molecule has 0 saturated heterocycles. The normalized spacial score (nSPS) is 14.3. The highest BCUT2D eigenvalue weighted by Crippen LogP contribution is 2.31. The first-order chi connectivity index (χ1) is 10.6. The van der Waals surface area contributed by atoms with Crippen LogP contribution in [-0.4, -0.2) is 27.8 Å². The maximum atomic E-state index is 13.1. The van der Waals surface area contributed by atoms with Crippen molar-refractivity contribution in [1.82, 2.24) is 4.98 Å². The minimum atomic E-state index is -5.10. The molecule has 1 heterocycles. The van der Waals surface area contributed by atoms with Crippen molar-refractivity contribution in [3.05, 3.63) is 46.7 Å². The number of nitrogens with one attached hydrogen (secondary N) is 1. The lowest BCUT2D eigenvalue weighted by Crippen LogP contribution is -2.52. The fraction of sp³-hybridized carbons (Fsp3) is 0.286. The third-order valence-corrected chi connectivity index (χ3v) is 3.95. The lowest BCUT2D eigenvalue weighted by atomic mass is 10.1. The van der Waals surface area contributed by atoms with E-state index in [9.17, 15) is 27.5 Å². The van der Waals surface area contributed by atoms with E-state index in [0.29, 0.717) is 23.8 Å². The lowest BCUT2D eigenvalue weighted by Gasteiger charge is -2.24. The van der Waals surface area contributed by atoms with Crippen LogP contribution >= 0.6 is 11.3 Å². The molecule has 0 spiro atoms. The summed E-state index contributed by atoms with van der Waals surface area (Å²) >= 11 is 0.945. The van der Waals surface area contributed by atoms with Gasteiger partial charge in [0.05, 0.1) is 0 Å². The summed E-state index contributed by atoms with van der Waals surface area (Å²) in [5.74, 6) is -2.02. The predicted octanol–water partition coefficient (Wildman–Crippen LogP) is 3.12. The molecule has 0 radical (unpaired) electrons. The Kier molecular flexibility index (Phi) is 4.71. The average Bonchev–Trinajstić information content (AvgIpc) is 2.84. The second-order valence-electron chi connectivity index (χ2n) is 4.96. The number of carbonyl (C=O) groups excluding carboxylic acids is 1. The molecule has 4 nitrogen and oxygen atoms in total. The highest BCUT2D eigenvalue weighted by Gasteiger charge is 2.55. The molecule has 23 heavy (non-hydrogen) atoms. The summed E-state index contributed by atoms with van der Waals surface area (Å²) in [5.41, 5.74) is -2.85. The van der Waals surface area contributed by atoms with Gasteiger partial charge in [-0.05, 0) is 24.6 Å². The van der Waals surface area contributed by atoms with Gasteiger partial charge in [0.15, 0.2) is 5.13 Å². The van der Waals surface area contributed by atoms with Gasteiger partial charge in [-0.1, -0.05) is 12.1 Å². The number of nitrogens with zero attached hydrogens (tertiary/aromatic N) is 1. The van der Waals surface area contributed by atoms with Gasteiger partial charge in [0.25, 0.3) is 5.91 Å². The summed E-state index contributed by atoms with van der Waals surface area (Å²) in [6.45, 7) is 0.365. The van der Waals surface area contributed by atoms with Crippen LogP contribution in [0.1, 0.15) is 17.4 Å². The molecule has 124 valence electrons. The van der Waals surface area contributed by atoms with E-state index in [1.165, 1.54) is 24.4 Å². The standard InChI is InChI=1S/C14H12F4N2O2S/c1-13(22,14(16,17)18)11(21)20-12-19-7-10(23-12)6-8-3-2-4-9(15)5-8/h2-5,7,22H,6H2,1H3,(H,19,20,21). The van der Waals surface area contributed by atoms with E-state index in [2.05, 4.69) is 4.98 Å². The van der Waals surface area contributed by atoms with Gasteiger partial charge in [0, 0.05) is 17.5 Å². The van der Waals surface area contributed by atoms with Crippen molar-refractivity contribution in [2.75, 3.05) is 5.32 Å². The van der Waals surface area contributed by atoms with Crippen LogP contribution in [0.3, 0.4) is 0 Å². The van der Waals surface area contributed by atoms with Crippen LogP contribution in [0.4, 0.5) is 22.7 Å². The third-order valence-electron chi connectivity index (χ3n) is 3.04. The molecule has 2 aromatic rings. The monoisotopic (exact) mass is 348 g/mol. The van der Waals surface area contributed by atoms with Gasteiger partial charge in [-0.25, -0.2) is 9.37 Å². The number of hydrogen-bond acceptors (Lipinski definition) is 4. The number of aromatic nitrogens is 1. The molecular formula is C14H12F4N2O2S. The van der Waals surface area contributed by atoms with Gasteiger partial charge in [0.1, 0.15) is 5.82 Å². The first kappa shape index (κ1) is 17.4. The number of amides is 1. The van der Waals surface area contributed by atoms with Crippen molar-refractivity contribution in [3.63, 3.8) is 0 Å². The van der Waals surface area contributed by atoms with Crippen molar-refractivity contribution < 1.29 is 27.5 Å². The van der Waals surface area contributed by atoms with E-state index < -0.39 is 23.5 Å². The minimum absolute atomic E-state index is 0.0778. The van der Waals surface area contributed by atoms with E-state index in [4.69, 9.17) is 0 Å². The fourth-order valence-corrected chi connectivity index (χ4v) is 2.48. The van der Waals surface area contributed by atoms with E-state index in [1.54, 1.807) is 6.07 Å². The van der Waals surface area contributed by atoms with Gasteiger partial charge in [-0.15, -0.1) is 11.3 Å². The minimum Gasteiger partial charge on any atom is -0.373 e. The zero-order chi connectivity index (χ0) is 17.3. The van der Waals surface area contributed by atoms with Crippen molar-refractivity contribution in [2.24, 2.45) is 0 Å². The highest BCUT2D eigenvalue weighted by atomic mass is 32.1. The van der Waals surface area contributed by atoms with E-state index in [0.717, 1.165) is 11.3 Å². The number of hydrogen-bond donors (Lipinski definition) is 2. The maximum Gasteiger partial charge on any atom is 0.426 e. The van der Waals surface area contributed by atoms with Crippen LogP contribution in [0, 0.1) is 5.82 Å². The zero-order valence-corrected chi connectivity index (χ0v) is 12.6. The highest BCUT2D eigenvalue weighted by molar-refractivity contribution is 7.15. The molecule has 0 aliphatic carbocycles. The van der Waals surface area contributed by atoms with Crippen molar-refractivity contribution in [3.8, 4) is 0 Å². The van der Waals surface area contributed by atoms with Gasteiger partial charge in [-0.2, -0.15) is 13.2 Å². The van der Waals surface area contributed by atoms with Gasteiger partial charge in [0.2, 0.25) is 5.60 Å². The largest absolute Gasteiger partial charge is 0.426 e. The Balaban J connectivity index is 2.07. The smallest absolute Gasteiger partial charge is 0.373 e. The molecule has 2 N–H and O–H groups in total. The molecule has 1 aromatic carbocycles. The molecule has 0 saturated carbocycles. The number of alkyl halides is 3. The Labute approximate surface area is 132 Å². The second-order valence-corrected chi connectivity index (χ2v) is 6.08. The van der Waals surface area contributed by atoms with Crippen LogP contribution in [-0.2, 0) is 11.2 Å². The molecule has 1 unspecified atom stereocenters. The average molecular weight is 348 g/mol. The summed E-state index contributed by atoms with van der Waals surface area (Å²) in [6, 6.07) is 5.85. The Hall–Kier alpha value is -2.00. The van der Waals surface area contributed by atoms with Gasteiger partial charge >= 0.3 is 6.18 Å². The van der Waals surface area contributed by atoms with Crippen LogP contribution < -0.4 is 5.32 Å². The molecular weight excluding hydrogens is 336 g/mol. The summed E-state index contributed by atoms with van der Waals surface area (Å²) in [5, 5.41) is 11.1. The summed E-state index contributed by atoms with van der Waals surface area (Å²) in [7, 11) is 0. The second kappa shape index (κ2) is 6.25.